The van der Waals surface area contributed by atoms with Gasteiger partial charge in [-0.3, -0.25) is 4.79 Å². The highest BCUT2D eigenvalue weighted by molar-refractivity contribution is 5.95. The number of aryl methyl sites for hydroxylation is 3. The molecule has 122 valence electrons. The number of ether oxygens (including phenoxy) is 2. The van der Waals surface area contributed by atoms with Gasteiger partial charge >= 0.3 is 0 Å². The predicted octanol–water partition coefficient (Wildman–Crippen LogP) is 4.03. The number of anilines is 1. The van der Waals surface area contributed by atoms with Gasteiger partial charge in [0.1, 0.15) is 11.5 Å². The Morgan fingerprint density at radius 1 is 1.04 bits per heavy atom. The molecule has 0 saturated carbocycles. The molecule has 0 saturated heterocycles. The van der Waals surface area contributed by atoms with Gasteiger partial charge in [-0.05, 0) is 68.7 Å². The monoisotopic (exact) mass is 313 g/mol. The zero-order valence-corrected chi connectivity index (χ0v) is 14.3. The van der Waals surface area contributed by atoms with E-state index in [0.717, 1.165) is 11.1 Å². The average molecular weight is 313 g/mol. The van der Waals surface area contributed by atoms with Gasteiger partial charge in [0, 0.05) is 0 Å². The predicted molar refractivity (Wildman–Crippen MR) is 92.4 cm³/mol. The van der Waals surface area contributed by atoms with Crippen LogP contribution in [0, 0.1) is 20.8 Å². The molecule has 0 fully saturated rings. The fraction of sp³-hybridized carbons (Fsp3) is 0.316. The Kier molecular flexibility index (Phi) is 5.27. The van der Waals surface area contributed by atoms with Crippen LogP contribution in [0.3, 0.4) is 0 Å². The highest BCUT2D eigenvalue weighted by Crippen LogP contribution is 2.25. The molecule has 2 rings (SSSR count). The first kappa shape index (κ1) is 16.9. The molecule has 2 aromatic rings. The molecule has 2 aromatic carbocycles. The van der Waals surface area contributed by atoms with Crippen molar-refractivity contribution in [3.8, 4) is 11.5 Å². The van der Waals surface area contributed by atoms with Crippen molar-refractivity contribution in [2.75, 3.05) is 12.4 Å². The van der Waals surface area contributed by atoms with Crippen molar-refractivity contribution in [1.29, 1.82) is 0 Å². The van der Waals surface area contributed by atoms with E-state index in [1.54, 1.807) is 14.0 Å². The Bertz CT molecular complexity index is 710. The van der Waals surface area contributed by atoms with Crippen molar-refractivity contribution in [2.45, 2.75) is 33.8 Å². The van der Waals surface area contributed by atoms with Crippen molar-refractivity contribution in [2.24, 2.45) is 0 Å². The van der Waals surface area contributed by atoms with Crippen LogP contribution in [-0.2, 0) is 4.79 Å². The number of nitrogens with one attached hydrogen (secondary N) is 1. The minimum atomic E-state index is -0.609. The quantitative estimate of drug-likeness (QED) is 0.906. The van der Waals surface area contributed by atoms with Gasteiger partial charge in [-0.1, -0.05) is 12.1 Å². The molecule has 0 radical (unpaired) electrons. The number of carbonyl (C=O) groups is 1. The maximum atomic E-state index is 12.4. The highest BCUT2D eigenvalue weighted by Gasteiger charge is 2.17. The van der Waals surface area contributed by atoms with Crippen LogP contribution in [0.5, 0.6) is 11.5 Å². The maximum Gasteiger partial charge on any atom is 0.265 e. The summed E-state index contributed by atoms with van der Waals surface area (Å²) in [5.41, 5.74) is 4.02. The van der Waals surface area contributed by atoms with E-state index in [-0.39, 0.29) is 5.91 Å². The maximum absolute atomic E-state index is 12.4. The Labute approximate surface area is 137 Å². The summed E-state index contributed by atoms with van der Waals surface area (Å²) in [6.07, 6.45) is -0.609. The molecule has 1 N–H and O–H groups in total. The van der Waals surface area contributed by atoms with Gasteiger partial charge in [-0.25, -0.2) is 0 Å². The van der Waals surface area contributed by atoms with Gasteiger partial charge < -0.3 is 14.8 Å². The van der Waals surface area contributed by atoms with E-state index in [4.69, 9.17) is 9.47 Å². The standard InChI is InChI=1S/C19H23NO3/c1-12-6-9-18(22-5)17(10-12)20-19(21)15(4)23-16-8-7-13(2)14(3)11-16/h6-11,15H,1-5H3,(H,20,21)/t15-/m1/s1. The molecular formula is C19H23NO3. The number of benzene rings is 2. The van der Waals surface area contributed by atoms with Crippen molar-refractivity contribution in [3.05, 3.63) is 53.1 Å². The van der Waals surface area contributed by atoms with Gasteiger partial charge in [0.25, 0.3) is 5.91 Å². The summed E-state index contributed by atoms with van der Waals surface area (Å²) in [5.74, 6) is 1.10. The van der Waals surface area contributed by atoms with Gasteiger partial charge in [-0.15, -0.1) is 0 Å². The number of hydrogen-bond donors (Lipinski definition) is 1. The van der Waals surface area contributed by atoms with Gasteiger partial charge in [0.2, 0.25) is 0 Å². The summed E-state index contributed by atoms with van der Waals surface area (Å²) in [5, 5.41) is 2.86. The smallest absolute Gasteiger partial charge is 0.265 e. The van der Waals surface area contributed by atoms with E-state index < -0.39 is 6.10 Å². The molecule has 0 spiro atoms. The normalized spacial score (nSPS) is 11.7. The van der Waals surface area contributed by atoms with Crippen LogP contribution < -0.4 is 14.8 Å². The fourth-order valence-corrected chi connectivity index (χ4v) is 2.20. The Hall–Kier alpha value is -2.49. The number of amides is 1. The topological polar surface area (TPSA) is 47.6 Å². The van der Waals surface area contributed by atoms with Crippen LogP contribution in [0.1, 0.15) is 23.6 Å². The van der Waals surface area contributed by atoms with Crippen molar-refractivity contribution in [1.82, 2.24) is 0 Å². The molecule has 0 aliphatic rings. The van der Waals surface area contributed by atoms with E-state index in [2.05, 4.69) is 5.32 Å². The van der Waals surface area contributed by atoms with Crippen LogP contribution in [0.4, 0.5) is 5.69 Å². The third-order valence-corrected chi connectivity index (χ3v) is 3.77. The number of methoxy groups -OCH3 is 1. The third kappa shape index (κ3) is 4.25. The summed E-state index contributed by atoms with van der Waals surface area (Å²) in [6.45, 7) is 7.75. The van der Waals surface area contributed by atoms with Crippen LogP contribution in [0.25, 0.3) is 0 Å². The lowest BCUT2D eigenvalue weighted by Crippen LogP contribution is -2.30. The molecule has 23 heavy (non-hydrogen) atoms. The molecule has 0 heterocycles. The molecule has 1 atom stereocenters. The SMILES string of the molecule is COc1ccc(C)cc1NC(=O)[C@@H](C)Oc1ccc(C)c(C)c1. The molecular weight excluding hydrogens is 290 g/mol. The summed E-state index contributed by atoms with van der Waals surface area (Å²) < 4.78 is 11.0. The molecule has 0 aliphatic carbocycles. The molecule has 4 nitrogen and oxygen atoms in total. The molecule has 0 aliphatic heterocycles. The number of hydrogen-bond acceptors (Lipinski definition) is 3. The van der Waals surface area contributed by atoms with E-state index in [9.17, 15) is 4.79 Å². The Balaban J connectivity index is 2.08. The van der Waals surface area contributed by atoms with E-state index >= 15 is 0 Å². The minimum Gasteiger partial charge on any atom is -0.495 e. The molecule has 0 aromatic heterocycles. The second-order valence-corrected chi connectivity index (χ2v) is 5.70. The van der Waals surface area contributed by atoms with Crippen molar-refractivity contribution in [3.63, 3.8) is 0 Å². The Morgan fingerprint density at radius 3 is 2.43 bits per heavy atom. The second-order valence-electron chi connectivity index (χ2n) is 5.70. The lowest BCUT2D eigenvalue weighted by Gasteiger charge is -2.17. The van der Waals surface area contributed by atoms with Crippen LogP contribution in [-0.4, -0.2) is 19.1 Å². The zero-order valence-electron chi connectivity index (χ0n) is 14.3. The van der Waals surface area contributed by atoms with Crippen molar-refractivity contribution >= 4 is 11.6 Å². The largest absolute Gasteiger partial charge is 0.495 e. The summed E-state index contributed by atoms with van der Waals surface area (Å²) in [6, 6.07) is 11.4. The first-order valence-corrected chi connectivity index (χ1v) is 7.60. The van der Waals surface area contributed by atoms with Crippen LogP contribution >= 0.6 is 0 Å². The van der Waals surface area contributed by atoms with Gasteiger partial charge in [0.05, 0.1) is 12.8 Å². The van der Waals surface area contributed by atoms with E-state index in [0.29, 0.717) is 17.2 Å². The number of carbonyl (C=O) groups excluding carboxylic acids is 1. The third-order valence-electron chi connectivity index (χ3n) is 3.77. The second kappa shape index (κ2) is 7.18. The average Bonchev–Trinajstić information content (AvgIpc) is 2.51. The Morgan fingerprint density at radius 2 is 1.78 bits per heavy atom. The van der Waals surface area contributed by atoms with Crippen LogP contribution in [0.15, 0.2) is 36.4 Å². The summed E-state index contributed by atoms with van der Waals surface area (Å²) >= 11 is 0. The summed E-state index contributed by atoms with van der Waals surface area (Å²) in [7, 11) is 1.58. The fourth-order valence-electron chi connectivity index (χ4n) is 2.20. The lowest BCUT2D eigenvalue weighted by molar-refractivity contribution is -0.122. The molecule has 0 bridgehead atoms. The zero-order chi connectivity index (χ0) is 17.0. The summed E-state index contributed by atoms with van der Waals surface area (Å²) in [4.78, 5) is 12.4. The first-order valence-electron chi connectivity index (χ1n) is 7.60. The lowest BCUT2D eigenvalue weighted by atomic mass is 10.1. The molecule has 4 heteroatoms. The van der Waals surface area contributed by atoms with E-state index in [1.807, 2.05) is 57.2 Å². The highest BCUT2D eigenvalue weighted by atomic mass is 16.5. The first-order chi connectivity index (χ1) is 10.9. The molecule has 1 amide bonds. The van der Waals surface area contributed by atoms with Gasteiger partial charge in [-0.2, -0.15) is 0 Å². The van der Waals surface area contributed by atoms with E-state index in [1.165, 1.54) is 5.56 Å². The minimum absolute atomic E-state index is 0.216. The van der Waals surface area contributed by atoms with Gasteiger partial charge in [0.15, 0.2) is 6.10 Å². The van der Waals surface area contributed by atoms with Crippen LogP contribution in [0.2, 0.25) is 0 Å². The molecule has 0 unspecified atom stereocenters. The van der Waals surface area contributed by atoms with Crippen molar-refractivity contribution < 1.29 is 14.3 Å². The number of rotatable bonds is 5.